The van der Waals surface area contributed by atoms with Crippen LogP contribution in [0.2, 0.25) is 0 Å². The van der Waals surface area contributed by atoms with E-state index in [0.717, 1.165) is 12.1 Å². The summed E-state index contributed by atoms with van der Waals surface area (Å²) in [5.74, 6) is 0.810. The lowest BCUT2D eigenvalue weighted by atomic mass is 9.75. The third kappa shape index (κ3) is 4.49. The summed E-state index contributed by atoms with van der Waals surface area (Å²) in [4.78, 5) is 0. The number of hydrogen-bond donors (Lipinski definition) is 3. The van der Waals surface area contributed by atoms with Gasteiger partial charge in [0, 0.05) is 25.6 Å². The molecule has 0 saturated carbocycles. The summed E-state index contributed by atoms with van der Waals surface area (Å²) in [5, 5.41) is 23.1. The number of aliphatic hydroxyl groups is 1. The molecule has 0 fully saturated rings. The Kier molecular flexibility index (Phi) is 6.23. The molecular formula is C20H27NO3. The first kappa shape index (κ1) is 18.3. The van der Waals surface area contributed by atoms with Crippen LogP contribution in [0.5, 0.6) is 11.5 Å². The minimum atomic E-state index is -0.226. The summed E-state index contributed by atoms with van der Waals surface area (Å²) >= 11 is 0. The number of phenolic OH excluding ortho intramolecular Hbond substituents is 1. The van der Waals surface area contributed by atoms with Crippen LogP contribution in [0.1, 0.15) is 30.9 Å². The van der Waals surface area contributed by atoms with E-state index in [4.69, 9.17) is 4.74 Å². The zero-order valence-electron chi connectivity index (χ0n) is 14.6. The highest BCUT2D eigenvalue weighted by molar-refractivity contribution is 5.41. The van der Waals surface area contributed by atoms with E-state index >= 15 is 0 Å². The standard InChI is InChI=1S/C20H27NO3/c1-20(2,14-22)17(16-7-5-4-6-8-16)13-21-12-15-9-10-19(24-3)18(23)11-15/h4-11,17,21-23H,12-14H2,1-3H3. The molecule has 0 spiro atoms. The van der Waals surface area contributed by atoms with Gasteiger partial charge in [-0.05, 0) is 28.7 Å². The van der Waals surface area contributed by atoms with E-state index in [1.165, 1.54) is 12.7 Å². The lowest BCUT2D eigenvalue weighted by Gasteiger charge is -2.33. The molecule has 3 N–H and O–H groups in total. The number of methoxy groups -OCH3 is 1. The Hall–Kier alpha value is -2.04. The van der Waals surface area contributed by atoms with E-state index in [0.29, 0.717) is 12.3 Å². The molecule has 1 atom stereocenters. The number of aromatic hydroxyl groups is 1. The van der Waals surface area contributed by atoms with Crippen LogP contribution in [0.15, 0.2) is 48.5 Å². The van der Waals surface area contributed by atoms with Gasteiger partial charge in [-0.2, -0.15) is 0 Å². The van der Waals surface area contributed by atoms with E-state index in [1.807, 2.05) is 24.3 Å². The van der Waals surface area contributed by atoms with Crippen molar-refractivity contribution in [3.8, 4) is 11.5 Å². The fraction of sp³-hybridized carbons (Fsp3) is 0.400. The van der Waals surface area contributed by atoms with E-state index in [-0.39, 0.29) is 23.7 Å². The topological polar surface area (TPSA) is 61.7 Å². The maximum atomic E-state index is 9.86. The van der Waals surface area contributed by atoms with Crippen molar-refractivity contribution in [3.63, 3.8) is 0 Å². The average molecular weight is 329 g/mol. The van der Waals surface area contributed by atoms with Gasteiger partial charge in [0.2, 0.25) is 0 Å². The molecule has 130 valence electrons. The van der Waals surface area contributed by atoms with Crippen LogP contribution in [0.4, 0.5) is 0 Å². The summed E-state index contributed by atoms with van der Waals surface area (Å²) in [6.07, 6.45) is 0. The van der Waals surface area contributed by atoms with Crippen molar-refractivity contribution in [3.05, 3.63) is 59.7 Å². The predicted octanol–water partition coefficient (Wildman–Crippen LogP) is 3.29. The molecule has 0 heterocycles. The van der Waals surface area contributed by atoms with Gasteiger partial charge in [-0.1, -0.05) is 50.2 Å². The van der Waals surface area contributed by atoms with Crippen LogP contribution in [0.25, 0.3) is 0 Å². The Bertz CT molecular complexity index is 641. The number of benzene rings is 2. The number of rotatable bonds is 8. The van der Waals surface area contributed by atoms with E-state index in [1.54, 1.807) is 12.1 Å². The Labute approximate surface area is 144 Å². The molecule has 0 bridgehead atoms. The molecule has 4 heteroatoms. The van der Waals surface area contributed by atoms with Gasteiger partial charge in [0.25, 0.3) is 0 Å². The van der Waals surface area contributed by atoms with Crippen LogP contribution in [0.3, 0.4) is 0 Å². The van der Waals surface area contributed by atoms with Gasteiger partial charge >= 0.3 is 0 Å². The molecule has 4 nitrogen and oxygen atoms in total. The highest BCUT2D eigenvalue weighted by Crippen LogP contribution is 2.34. The highest BCUT2D eigenvalue weighted by Gasteiger charge is 2.29. The third-order valence-corrected chi connectivity index (χ3v) is 4.47. The van der Waals surface area contributed by atoms with Crippen molar-refractivity contribution in [2.45, 2.75) is 26.3 Å². The average Bonchev–Trinajstić information content (AvgIpc) is 2.59. The maximum absolute atomic E-state index is 9.86. The zero-order chi connectivity index (χ0) is 17.6. The molecule has 24 heavy (non-hydrogen) atoms. The van der Waals surface area contributed by atoms with Crippen molar-refractivity contribution in [1.29, 1.82) is 0 Å². The Morgan fingerprint density at radius 2 is 1.83 bits per heavy atom. The number of nitrogens with one attached hydrogen (secondary N) is 1. The largest absolute Gasteiger partial charge is 0.504 e. The van der Waals surface area contributed by atoms with Gasteiger partial charge in [0.1, 0.15) is 0 Å². The molecule has 0 aliphatic rings. The SMILES string of the molecule is COc1ccc(CNCC(c2ccccc2)C(C)(C)CO)cc1O. The minimum absolute atomic E-state index is 0.123. The molecule has 0 amide bonds. The first-order valence-corrected chi connectivity index (χ1v) is 8.20. The lowest BCUT2D eigenvalue weighted by Crippen LogP contribution is -2.34. The van der Waals surface area contributed by atoms with Gasteiger partial charge in [-0.25, -0.2) is 0 Å². The van der Waals surface area contributed by atoms with Crippen molar-refractivity contribution < 1.29 is 14.9 Å². The predicted molar refractivity (Wildman–Crippen MR) is 96.4 cm³/mol. The summed E-state index contributed by atoms with van der Waals surface area (Å²) in [5.41, 5.74) is 1.97. The smallest absolute Gasteiger partial charge is 0.160 e. The number of aliphatic hydroxyl groups excluding tert-OH is 1. The molecule has 0 aliphatic heterocycles. The fourth-order valence-corrected chi connectivity index (χ4v) is 2.85. The first-order chi connectivity index (χ1) is 11.5. The van der Waals surface area contributed by atoms with Gasteiger partial charge in [0.15, 0.2) is 11.5 Å². The Morgan fingerprint density at radius 3 is 2.42 bits per heavy atom. The summed E-state index contributed by atoms with van der Waals surface area (Å²) in [6, 6.07) is 15.7. The third-order valence-electron chi connectivity index (χ3n) is 4.47. The van der Waals surface area contributed by atoms with E-state index in [9.17, 15) is 10.2 Å². The van der Waals surface area contributed by atoms with Crippen molar-refractivity contribution >= 4 is 0 Å². The number of hydrogen-bond acceptors (Lipinski definition) is 4. The Balaban J connectivity index is 2.05. The van der Waals surface area contributed by atoms with Gasteiger partial charge in [-0.3, -0.25) is 0 Å². The molecular weight excluding hydrogens is 302 g/mol. The maximum Gasteiger partial charge on any atom is 0.160 e. The lowest BCUT2D eigenvalue weighted by molar-refractivity contribution is 0.129. The van der Waals surface area contributed by atoms with E-state index < -0.39 is 0 Å². The second kappa shape index (κ2) is 8.18. The second-order valence-electron chi connectivity index (χ2n) is 6.75. The summed E-state index contributed by atoms with van der Waals surface area (Å²) in [6.45, 7) is 5.65. The van der Waals surface area contributed by atoms with Crippen LogP contribution in [0, 0.1) is 5.41 Å². The summed E-state index contributed by atoms with van der Waals surface area (Å²) in [7, 11) is 1.54. The fourth-order valence-electron chi connectivity index (χ4n) is 2.85. The van der Waals surface area contributed by atoms with E-state index in [2.05, 4.69) is 31.3 Å². The van der Waals surface area contributed by atoms with Crippen LogP contribution in [-0.4, -0.2) is 30.5 Å². The number of phenols is 1. The van der Waals surface area contributed by atoms with Gasteiger partial charge < -0.3 is 20.3 Å². The highest BCUT2D eigenvalue weighted by atomic mass is 16.5. The molecule has 0 aromatic heterocycles. The van der Waals surface area contributed by atoms with Crippen molar-refractivity contribution in [1.82, 2.24) is 5.32 Å². The monoisotopic (exact) mass is 329 g/mol. The normalized spacial score (nSPS) is 12.8. The summed E-state index contributed by atoms with van der Waals surface area (Å²) < 4.78 is 5.06. The molecule has 2 aromatic carbocycles. The molecule has 0 aliphatic carbocycles. The quantitative estimate of drug-likeness (QED) is 0.695. The van der Waals surface area contributed by atoms with Crippen LogP contribution in [-0.2, 0) is 6.54 Å². The molecule has 1 unspecified atom stereocenters. The zero-order valence-corrected chi connectivity index (χ0v) is 14.6. The molecule has 0 radical (unpaired) electrons. The van der Waals surface area contributed by atoms with Crippen LogP contribution < -0.4 is 10.1 Å². The molecule has 2 rings (SSSR count). The van der Waals surface area contributed by atoms with Crippen molar-refractivity contribution in [2.75, 3.05) is 20.3 Å². The number of ether oxygens (including phenoxy) is 1. The van der Waals surface area contributed by atoms with Crippen LogP contribution >= 0.6 is 0 Å². The minimum Gasteiger partial charge on any atom is -0.504 e. The van der Waals surface area contributed by atoms with Crippen molar-refractivity contribution in [2.24, 2.45) is 5.41 Å². The first-order valence-electron chi connectivity index (χ1n) is 8.20. The Morgan fingerprint density at radius 1 is 1.12 bits per heavy atom. The molecule has 0 saturated heterocycles. The molecule has 2 aromatic rings. The van der Waals surface area contributed by atoms with Gasteiger partial charge in [-0.15, -0.1) is 0 Å². The van der Waals surface area contributed by atoms with Gasteiger partial charge in [0.05, 0.1) is 7.11 Å². The second-order valence-corrected chi connectivity index (χ2v) is 6.75.